The predicted octanol–water partition coefficient (Wildman–Crippen LogP) is 2.49. The molecule has 2 aromatic rings. The molecule has 0 atom stereocenters. The number of aryl methyl sites for hydroxylation is 2. The Morgan fingerprint density at radius 1 is 1.28 bits per heavy atom. The van der Waals surface area contributed by atoms with Crippen molar-refractivity contribution >= 4 is 17.1 Å². The van der Waals surface area contributed by atoms with Crippen LogP contribution in [0, 0.1) is 13.8 Å². The van der Waals surface area contributed by atoms with Crippen LogP contribution >= 0.6 is 11.3 Å². The van der Waals surface area contributed by atoms with Crippen molar-refractivity contribution in [3.8, 4) is 0 Å². The Kier molecular flexibility index (Phi) is 3.89. The second-order valence-electron chi connectivity index (χ2n) is 4.37. The van der Waals surface area contributed by atoms with E-state index in [2.05, 4.69) is 11.1 Å². The van der Waals surface area contributed by atoms with Gasteiger partial charge in [0.05, 0.1) is 5.01 Å². The predicted molar refractivity (Wildman–Crippen MR) is 74.2 cm³/mol. The Labute approximate surface area is 111 Å². The molecule has 0 aliphatic heterocycles. The Balaban J connectivity index is 2.29. The molecule has 0 amide bonds. The van der Waals surface area contributed by atoms with Crippen LogP contribution < -0.4 is 5.73 Å². The molecule has 0 aliphatic rings. The number of ketones is 1. The van der Waals surface area contributed by atoms with Crippen LogP contribution in [0.15, 0.2) is 23.6 Å². The van der Waals surface area contributed by atoms with Gasteiger partial charge in [-0.15, -0.1) is 11.3 Å². The van der Waals surface area contributed by atoms with Gasteiger partial charge in [-0.05, 0) is 32.5 Å². The van der Waals surface area contributed by atoms with Crippen molar-refractivity contribution in [3.63, 3.8) is 0 Å². The number of hydrogen-bond acceptors (Lipinski definition) is 4. The lowest BCUT2D eigenvalue weighted by Gasteiger charge is -2.02. The molecule has 94 valence electrons. The molecule has 0 spiro atoms. The van der Waals surface area contributed by atoms with Crippen LogP contribution in [0.2, 0.25) is 0 Å². The molecular weight excluding hydrogens is 244 g/mol. The van der Waals surface area contributed by atoms with Gasteiger partial charge in [-0.3, -0.25) is 4.79 Å². The summed E-state index contributed by atoms with van der Waals surface area (Å²) >= 11 is 1.49. The van der Waals surface area contributed by atoms with Crippen LogP contribution in [0.5, 0.6) is 0 Å². The zero-order valence-electron chi connectivity index (χ0n) is 10.6. The van der Waals surface area contributed by atoms with Gasteiger partial charge in [-0.25, -0.2) is 4.98 Å². The first-order chi connectivity index (χ1) is 8.60. The average molecular weight is 260 g/mol. The molecule has 3 nitrogen and oxygen atoms in total. The van der Waals surface area contributed by atoms with E-state index in [1.165, 1.54) is 11.3 Å². The molecule has 0 saturated carbocycles. The number of hydrogen-bond donors (Lipinski definition) is 1. The Bertz CT molecular complexity index is 555. The summed E-state index contributed by atoms with van der Waals surface area (Å²) in [5, 5.41) is 2.73. The smallest absolute Gasteiger partial charge is 0.212 e. The third-order valence-corrected chi connectivity index (χ3v) is 3.54. The van der Waals surface area contributed by atoms with Crippen molar-refractivity contribution in [2.24, 2.45) is 5.73 Å². The van der Waals surface area contributed by atoms with Gasteiger partial charge in [-0.2, -0.15) is 0 Å². The minimum absolute atomic E-state index is 0.0127. The number of carbonyl (C=O) groups excluding carboxylic acids is 1. The monoisotopic (exact) mass is 260 g/mol. The highest BCUT2D eigenvalue weighted by Crippen LogP contribution is 2.16. The van der Waals surface area contributed by atoms with E-state index in [-0.39, 0.29) is 5.78 Å². The van der Waals surface area contributed by atoms with E-state index >= 15 is 0 Å². The summed E-state index contributed by atoms with van der Waals surface area (Å²) in [5.74, 6) is -0.0127. The van der Waals surface area contributed by atoms with E-state index in [4.69, 9.17) is 5.73 Å². The molecule has 0 fully saturated rings. The standard InChI is InChI=1S/C14H16N2OS/c1-9-5-10(2)7-11(6-9)14(17)12-8-18-13(16-12)3-4-15/h5-8H,3-4,15H2,1-2H3. The molecule has 0 bridgehead atoms. The number of nitrogens with two attached hydrogens (primary N) is 1. The Morgan fingerprint density at radius 3 is 2.56 bits per heavy atom. The van der Waals surface area contributed by atoms with Crippen LogP contribution in [-0.4, -0.2) is 17.3 Å². The molecule has 1 heterocycles. The lowest BCUT2D eigenvalue weighted by molar-refractivity contribution is 0.103. The molecule has 18 heavy (non-hydrogen) atoms. The fourth-order valence-electron chi connectivity index (χ4n) is 1.91. The largest absolute Gasteiger partial charge is 0.330 e. The lowest BCUT2D eigenvalue weighted by Crippen LogP contribution is -2.05. The lowest BCUT2D eigenvalue weighted by atomic mass is 10.0. The zero-order chi connectivity index (χ0) is 13.1. The van der Waals surface area contributed by atoms with Crippen molar-refractivity contribution < 1.29 is 4.79 Å². The minimum Gasteiger partial charge on any atom is -0.330 e. The first-order valence-electron chi connectivity index (χ1n) is 5.87. The minimum atomic E-state index is -0.0127. The number of benzene rings is 1. The second kappa shape index (κ2) is 5.42. The molecule has 2 N–H and O–H groups in total. The molecule has 0 saturated heterocycles. The van der Waals surface area contributed by atoms with Crippen LogP contribution in [0.1, 0.15) is 32.2 Å². The zero-order valence-corrected chi connectivity index (χ0v) is 11.4. The third-order valence-electron chi connectivity index (χ3n) is 2.63. The topological polar surface area (TPSA) is 56.0 Å². The molecule has 1 aromatic carbocycles. The van der Waals surface area contributed by atoms with Crippen molar-refractivity contribution in [3.05, 3.63) is 51.0 Å². The molecule has 1 aromatic heterocycles. The first kappa shape index (κ1) is 12.9. The van der Waals surface area contributed by atoms with Crippen LogP contribution in [-0.2, 0) is 6.42 Å². The number of aromatic nitrogens is 1. The van der Waals surface area contributed by atoms with Crippen molar-refractivity contribution in [2.75, 3.05) is 6.54 Å². The summed E-state index contributed by atoms with van der Waals surface area (Å²) in [6.45, 7) is 4.54. The Morgan fingerprint density at radius 2 is 1.94 bits per heavy atom. The quantitative estimate of drug-likeness (QED) is 0.859. The highest BCUT2D eigenvalue weighted by molar-refractivity contribution is 7.09. The third kappa shape index (κ3) is 2.83. The van der Waals surface area contributed by atoms with Gasteiger partial charge in [0.15, 0.2) is 0 Å². The van der Waals surface area contributed by atoms with Gasteiger partial charge in [0.2, 0.25) is 5.78 Å². The van der Waals surface area contributed by atoms with Crippen molar-refractivity contribution in [1.29, 1.82) is 0 Å². The van der Waals surface area contributed by atoms with Gasteiger partial charge in [-0.1, -0.05) is 17.2 Å². The number of nitrogens with zero attached hydrogens (tertiary/aromatic N) is 1. The van der Waals surface area contributed by atoms with E-state index in [0.29, 0.717) is 17.8 Å². The van der Waals surface area contributed by atoms with Crippen LogP contribution in [0.4, 0.5) is 0 Å². The number of carbonyl (C=O) groups is 1. The van der Waals surface area contributed by atoms with Crippen molar-refractivity contribution in [2.45, 2.75) is 20.3 Å². The van der Waals surface area contributed by atoms with Crippen LogP contribution in [0.25, 0.3) is 0 Å². The highest BCUT2D eigenvalue weighted by Gasteiger charge is 2.13. The van der Waals surface area contributed by atoms with E-state index in [9.17, 15) is 4.79 Å². The maximum atomic E-state index is 12.3. The molecule has 2 rings (SSSR count). The maximum Gasteiger partial charge on any atom is 0.212 e. The maximum absolute atomic E-state index is 12.3. The Hall–Kier alpha value is -1.52. The van der Waals surface area contributed by atoms with Gasteiger partial charge < -0.3 is 5.73 Å². The summed E-state index contributed by atoms with van der Waals surface area (Å²) < 4.78 is 0. The van der Waals surface area contributed by atoms with Gasteiger partial charge in [0.1, 0.15) is 5.69 Å². The molecule has 0 unspecified atom stereocenters. The van der Waals surface area contributed by atoms with E-state index in [1.807, 2.05) is 31.4 Å². The number of thiazole rings is 1. The normalized spacial score (nSPS) is 10.6. The van der Waals surface area contributed by atoms with Crippen LogP contribution in [0.3, 0.4) is 0 Å². The molecular formula is C14H16N2OS. The molecule has 0 radical (unpaired) electrons. The second-order valence-corrected chi connectivity index (χ2v) is 5.31. The molecule has 4 heteroatoms. The van der Waals surface area contributed by atoms with Gasteiger partial charge in [0.25, 0.3) is 0 Å². The van der Waals surface area contributed by atoms with Gasteiger partial charge in [0, 0.05) is 17.4 Å². The van der Waals surface area contributed by atoms with E-state index < -0.39 is 0 Å². The summed E-state index contributed by atoms with van der Waals surface area (Å²) in [7, 11) is 0. The fraction of sp³-hybridized carbons (Fsp3) is 0.286. The summed E-state index contributed by atoms with van der Waals surface area (Å²) in [6, 6.07) is 5.85. The summed E-state index contributed by atoms with van der Waals surface area (Å²) in [5.41, 5.74) is 8.89. The van der Waals surface area contributed by atoms with E-state index in [1.54, 1.807) is 0 Å². The SMILES string of the molecule is Cc1cc(C)cc(C(=O)c2csc(CCN)n2)c1. The highest BCUT2D eigenvalue weighted by atomic mass is 32.1. The number of rotatable bonds is 4. The van der Waals surface area contributed by atoms with Gasteiger partial charge >= 0.3 is 0 Å². The molecule has 0 aliphatic carbocycles. The first-order valence-corrected chi connectivity index (χ1v) is 6.75. The average Bonchev–Trinajstić information content (AvgIpc) is 2.76. The van der Waals surface area contributed by atoms with E-state index in [0.717, 1.165) is 22.6 Å². The summed E-state index contributed by atoms with van der Waals surface area (Å²) in [6.07, 6.45) is 0.727. The fourth-order valence-corrected chi connectivity index (χ4v) is 2.70. The van der Waals surface area contributed by atoms with Crippen molar-refractivity contribution in [1.82, 2.24) is 4.98 Å². The summed E-state index contributed by atoms with van der Waals surface area (Å²) in [4.78, 5) is 16.6.